The van der Waals surface area contributed by atoms with Gasteiger partial charge in [0, 0.05) is 12.5 Å². The van der Waals surface area contributed by atoms with Gasteiger partial charge in [0.25, 0.3) is 0 Å². The maximum Gasteiger partial charge on any atom is 0.223 e. The fourth-order valence-corrected chi connectivity index (χ4v) is 3.05. The van der Waals surface area contributed by atoms with E-state index in [9.17, 15) is 4.79 Å². The minimum Gasteiger partial charge on any atom is -0.496 e. The van der Waals surface area contributed by atoms with Crippen LogP contribution in [-0.2, 0) is 11.2 Å². The molecule has 1 saturated carbocycles. The van der Waals surface area contributed by atoms with Gasteiger partial charge in [-0.15, -0.1) is 0 Å². The molecule has 2 atom stereocenters. The molecule has 1 aromatic carbocycles. The Bertz CT molecular complexity index is 459. The van der Waals surface area contributed by atoms with E-state index in [0.717, 1.165) is 30.6 Å². The number of nitrogens with one attached hydrogen (secondary N) is 1. The first kappa shape index (κ1) is 19.5. The second-order valence-electron chi connectivity index (χ2n) is 6.53. The molecule has 1 aliphatic rings. The Hall–Kier alpha value is -1.51. The molecule has 2 rings (SSSR count). The lowest BCUT2D eigenvalue weighted by atomic mass is 9.82. The van der Waals surface area contributed by atoms with Gasteiger partial charge in [-0.1, -0.05) is 58.2 Å². The Labute approximate surface area is 141 Å². The van der Waals surface area contributed by atoms with E-state index in [2.05, 4.69) is 26.1 Å². The van der Waals surface area contributed by atoms with Crippen molar-refractivity contribution in [2.24, 2.45) is 11.8 Å². The molecule has 23 heavy (non-hydrogen) atoms. The SMILES string of the molecule is CCC.COc1ccccc1CCNC(=O)C1CCCC(C)C1. The molecule has 1 N–H and O–H groups in total. The van der Waals surface area contributed by atoms with Gasteiger partial charge in [-0.3, -0.25) is 4.79 Å². The van der Waals surface area contributed by atoms with Crippen molar-refractivity contribution in [3.05, 3.63) is 29.8 Å². The summed E-state index contributed by atoms with van der Waals surface area (Å²) in [4.78, 5) is 12.1. The molecule has 3 heteroatoms. The van der Waals surface area contributed by atoms with Crippen molar-refractivity contribution in [2.75, 3.05) is 13.7 Å². The molecule has 0 aromatic heterocycles. The Morgan fingerprint density at radius 3 is 2.61 bits per heavy atom. The Morgan fingerprint density at radius 2 is 1.96 bits per heavy atom. The number of hydrogen-bond donors (Lipinski definition) is 1. The van der Waals surface area contributed by atoms with E-state index >= 15 is 0 Å². The molecule has 0 spiro atoms. The molecule has 1 fully saturated rings. The normalized spacial score (nSPS) is 20.2. The number of carbonyl (C=O) groups is 1. The van der Waals surface area contributed by atoms with Crippen LogP contribution in [0.4, 0.5) is 0 Å². The zero-order valence-corrected chi connectivity index (χ0v) is 15.2. The fourth-order valence-electron chi connectivity index (χ4n) is 3.05. The van der Waals surface area contributed by atoms with Gasteiger partial charge in [0.1, 0.15) is 5.75 Å². The van der Waals surface area contributed by atoms with Gasteiger partial charge in [-0.25, -0.2) is 0 Å². The van der Waals surface area contributed by atoms with Gasteiger partial charge in [0.15, 0.2) is 0 Å². The molecular formula is C20H33NO2. The molecule has 0 heterocycles. The third-order valence-electron chi connectivity index (χ3n) is 4.19. The minimum absolute atomic E-state index is 0.219. The van der Waals surface area contributed by atoms with Crippen molar-refractivity contribution in [1.82, 2.24) is 5.32 Å². The van der Waals surface area contributed by atoms with Crippen LogP contribution in [0.25, 0.3) is 0 Å². The highest BCUT2D eigenvalue weighted by Crippen LogP contribution is 2.28. The summed E-state index contributed by atoms with van der Waals surface area (Å²) in [5, 5.41) is 3.08. The van der Waals surface area contributed by atoms with Crippen LogP contribution >= 0.6 is 0 Å². The monoisotopic (exact) mass is 319 g/mol. The molecule has 0 bridgehead atoms. The first-order chi connectivity index (χ1) is 11.1. The quantitative estimate of drug-likeness (QED) is 0.861. The third kappa shape index (κ3) is 7.06. The summed E-state index contributed by atoms with van der Waals surface area (Å²) in [6.45, 7) is 7.18. The summed E-state index contributed by atoms with van der Waals surface area (Å²) < 4.78 is 5.32. The van der Waals surface area contributed by atoms with Crippen LogP contribution in [0, 0.1) is 11.8 Å². The van der Waals surface area contributed by atoms with E-state index in [4.69, 9.17) is 4.74 Å². The number of hydrogen-bond acceptors (Lipinski definition) is 2. The minimum atomic E-state index is 0.219. The van der Waals surface area contributed by atoms with Gasteiger partial charge in [-0.2, -0.15) is 0 Å². The van der Waals surface area contributed by atoms with Crippen molar-refractivity contribution in [1.29, 1.82) is 0 Å². The van der Waals surface area contributed by atoms with Gasteiger partial charge in [0.05, 0.1) is 7.11 Å². The van der Waals surface area contributed by atoms with Crippen molar-refractivity contribution in [2.45, 2.75) is 59.3 Å². The first-order valence-corrected chi connectivity index (χ1v) is 9.01. The highest BCUT2D eigenvalue weighted by molar-refractivity contribution is 5.78. The van der Waals surface area contributed by atoms with E-state index in [0.29, 0.717) is 12.5 Å². The van der Waals surface area contributed by atoms with Gasteiger partial charge in [0.2, 0.25) is 5.91 Å². The second kappa shape index (κ2) is 11.1. The Morgan fingerprint density at radius 1 is 1.26 bits per heavy atom. The highest BCUT2D eigenvalue weighted by Gasteiger charge is 2.24. The third-order valence-corrected chi connectivity index (χ3v) is 4.19. The van der Waals surface area contributed by atoms with Gasteiger partial charge in [-0.05, 0) is 36.8 Å². The lowest BCUT2D eigenvalue weighted by molar-refractivity contribution is -0.126. The zero-order chi connectivity index (χ0) is 17.1. The molecule has 130 valence electrons. The number of para-hydroxylation sites is 1. The Balaban J connectivity index is 0.000000816. The molecule has 0 aliphatic heterocycles. The van der Waals surface area contributed by atoms with Crippen LogP contribution in [0.2, 0.25) is 0 Å². The summed E-state index contributed by atoms with van der Waals surface area (Å²) in [6.07, 6.45) is 6.61. The first-order valence-electron chi connectivity index (χ1n) is 9.01. The summed E-state index contributed by atoms with van der Waals surface area (Å²) >= 11 is 0. The summed E-state index contributed by atoms with van der Waals surface area (Å²) in [7, 11) is 1.68. The predicted octanol–water partition coefficient (Wildman–Crippen LogP) is 4.60. The largest absolute Gasteiger partial charge is 0.496 e. The van der Waals surface area contributed by atoms with E-state index in [1.165, 1.54) is 19.3 Å². The zero-order valence-electron chi connectivity index (χ0n) is 15.2. The molecular weight excluding hydrogens is 286 g/mol. The molecule has 1 aromatic rings. The van der Waals surface area contributed by atoms with Crippen molar-refractivity contribution in [3.8, 4) is 5.75 Å². The van der Waals surface area contributed by atoms with Crippen LogP contribution < -0.4 is 10.1 Å². The van der Waals surface area contributed by atoms with Crippen LogP contribution in [0.15, 0.2) is 24.3 Å². The van der Waals surface area contributed by atoms with E-state index < -0.39 is 0 Å². The number of benzene rings is 1. The van der Waals surface area contributed by atoms with Crippen LogP contribution in [-0.4, -0.2) is 19.6 Å². The fraction of sp³-hybridized carbons (Fsp3) is 0.650. The number of amides is 1. The highest BCUT2D eigenvalue weighted by atomic mass is 16.5. The topological polar surface area (TPSA) is 38.3 Å². The average Bonchev–Trinajstić information content (AvgIpc) is 2.56. The molecule has 3 nitrogen and oxygen atoms in total. The van der Waals surface area contributed by atoms with Gasteiger partial charge >= 0.3 is 0 Å². The number of methoxy groups -OCH3 is 1. The lowest BCUT2D eigenvalue weighted by Crippen LogP contribution is -2.34. The van der Waals surface area contributed by atoms with E-state index in [1.807, 2.05) is 24.3 Å². The van der Waals surface area contributed by atoms with Gasteiger partial charge < -0.3 is 10.1 Å². The summed E-state index contributed by atoms with van der Waals surface area (Å²) in [5.74, 6) is 2.03. The van der Waals surface area contributed by atoms with E-state index in [-0.39, 0.29) is 11.8 Å². The van der Waals surface area contributed by atoms with E-state index in [1.54, 1.807) is 7.11 Å². The van der Waals surface area contributed by atoms with Crippen molar-refractivity contribution >= 4 is 5.91 Å². The maximum absolute atomic E-state index is 12.1. The van der Waals surface area contributed by atoms with Crippen molar-refractivity contribution in [3.63, 3.8) is 0 Å². The van der Waals surface area contributed by atoms with Crippen LogP contribution in [0.1, 0.15) is 58.4 Å². The standard InChI is InChI=1S/C17H25NO2.C3H8/c1-13-6-5-8-15(12-13)17(19)18-11-10-14-7-3-4-9-16(14)20-2;1-3-2/h3-4,7,9,13,15H,5-6,8,10-12H2,1-2H3,(H,18,19);3H2,1-2H3. The number of carbonyl (C=O) groups excluding carboxylic acids is 1. The average molecular weight is 319 g/mol. The molecule has 2 unspecified atom stereocenters. The Kier molecular flexibility index (Phi) is 9.42. The van der Waals surface area contributed by atoms with Crippen LogP contribution in [0.5, 0.6) is 5.75 Å². The van der Waals surface area contributed by atoms with Crippen molar-refractivity contribution < 1.29 is 9.53 Å². The molecule has 0 radical (unpaired) electrons. The predicted molar refractivity (Wildman–Crippen MR) is 96.8 cm³/mol. The summed E-state index contributed by atoms with van der Waals surface area (Å²) in [6, 6.07) is 7.97. The molecule has 1 amide bonds. The van der Waals surface area contributed by atoms with Crippen LogP contribution in [0.3, 0.4) is 0 Å². The maximum atomic E-state index is 12.1. The number of rotatable bonds is 5. The molecule has 0 saturated heterocycles. The molecule has 1 aliphatic carbocycles. The smallest absolute Gasteiger partial charge is 0.223 e. The second-order valence-corrected chi connectivity index (χ2v) is 6.53. The lowest BCUT2D eigenvalue weighted by Gasteiger charge is -2.25. The number of ether oxygens (including phenoxy) is 1. The summed E-state index contributed by atoms with van der Waals surface area (Å²) in [5.41, 5.74) is 1.15.